The number of esters is 1. The van der Waals surface area contributed by atoms with Gasteiger partial charge in [-0.1, -0.05) is 48.2 Å². The van der Waals surface area contributed by atoms with Crippen molar-refractivity contribution in [1.82, 2.24) is 4.98 Å². The number of para-hydroxylation sites is 1. The third-order valence-corrected chi connectivity index (χ3v) is 5.05. The first-order valence-electron chi connectivity index (χ1n) is 8.22. The van der Waals surface area contributed by atoms with Crippen molar-refractivity contribution in [3.8, 4) is 0 Å². The average Bonchev–Trinajstić information content (AvgIpc) is 2.94. The second-order valence-electron chi connectivity index (χ2n) is 5.99. The van der Waals surface area contributed by atoms with Gasteiger partial charge in [0.15, 0.2) is 11.6 Å². The van der Waals surface area contributed by atoms with E-state index in [9.17, 15) is 4.79 Å². The van der Waals surface area contributed by atoms with E-state index in [-0.39, 0.29) is 0 Å². The fourth-order valence-corrected chi connectivity index (χ4v) is 3.68. The van der Waals surface area contributed by atoms with Crippen LogP contribution in [0.15, 0.2) is 75.2 Å². The second-order valence-corrected chi connectivity index (χ2v) is 7.06. The summed E-state index contributed by atoms with van der Waals surface area (Å²) in [5.41, 5.74) is 3.22. The molecule has 2 aromatic carbocycles. The molecule has 0 saturated carbocycles. The minimum atomic E-state index is -0.428. The summed E-state index contributed by atoms with van der Waals surface area (Å²) in [5, 5.41) is 1.86. The van der Waals surface area contributed by atoms with Crippen molar-refractivity contribution < 1.29 is 9.53 Å². The largest absolute Gasteiger partial charge is 0.407 e. The quantitative estimate of drug-likeness (QED) is 0.487. The van der Waals surface area contributed by atoms with Gasteiger partial charge in [-0.25, -0.2) is 14.8 Å². The molecule has 2 heterocycles. The lowest BCUT2D eigenvalue weighted by Crippen LogP contribution is -2.00. The molecule has 5 heteroatoms. The zero-order valence-corrected chi connectivity index (χ0v) is 15.2. The lowest BCUT2D eigenvalue weighted by Gasteiger charge is -2.09. The third kappa shape index (κ3) is 3.26. The summed E-state index contributed by atoms with van der Waals surface area (Å²) in [7, 11) is 0. The van der Waals surface area contributed by atoms with Crippen molar-refractivity contribution in [2.45, 2.75) is 23.8 Å². The van der Waals surface area contributed by atoms with Crippen molar-refractivity contribution in [1.29, 1.82) is 0 Å². The highest BCUT2D eigenvalue weighted by molar-refractivity contribution is 7.99. The maximum absolute atomic E-state index is 11.9. The standard InChI is InChI=1S/C21H16N2O2S/c1-13-7-6-8-15-11-16(12-18-21(24)25-14(2)22-18)20(23-19(13)15)26-17-9-4-3-5-10-17/h3-12H,1-2H3. The predicted octanol–water partition coefficient (Wildman–Crippen LogP) is 5.01. The van der Waals surface area contributed by atoms with Crippen molar-refractivity contribution in [3.05, 3.63) is 71.4 Å². The number of carbonyl (C=O) groups excluding carboxylic acids is 1. The smallest absolute Gasteiger partial charge is 0.363 e. The van der Waals surface area contributed by atoms with E-state index >= 15 is 0 Å². The number of hydrogen-bond acceptors (Lipinski definition) is 5. The van der Waals surface area contributed by atoms with Crippen LogP contribution in [0.5, 0.6) is 0 Å². The SMILES string of the molecule is CC1=NC(=Cc2cc3cccc(C)c3nc2Sc2ccccc2)C(=O)O1. The molecule has 0 N–H and O–H groups in total. The van der Waals surface area contributed by atoms with Crippen molar-refractivity contribution in [2.75, 3.05) is 0 Å². The van der Waals surface area contributed by atoms with Gasteiger partial charge in [-0.3, -0.25) is 0 Å². The summed E-state index contributed by atoms with van der Waals surface area (Å²) in [5.74, 6) is -0.0643. The fourth-order valence-electron chi connectivity index (χ4n) is 2.79. The molecule has 0 bridgehead atoms. The summed E-state index contributed by atoms with van der Waals surface area (Å²) in [6, 6.07) is 18.2. The Hall–Kier alpha value is -2.92. The minimum absolute atomic E-state index is 0.297. The molecule has 0 saturated heterocycles. The summed E-state index contributed by atoms with van der Waals surface area (Å²) in [4.78, 5) is 22.1. The molecule has 0 aliphatic carbocycles. The maximum Gasteiger partial charge on any atom is 0.363 e. The van der Waals surface area contributed by atoms with Gasteiger partial charge in [-0.2, -0.15) is 0 Å². The molecule has 1 aliphatic rings. The number of hydrogen-bond donors (Lipinski definition) is 0. The Labute approximate surface area is 155 Å². The molecule has 4 rings (SSSR count). The number of nitrogens with zero attached hydrogens (tertiary/aromatic N) is 2. The number of aliphatic imine (C=N–C) groups is 1. The molecule has 0 unspecified atom stereocenters. The Bertz CT molecular complexity index is 1070. The summed E-state index contributed by atoms with van der Waals surface area (Å²) >= 11 is 1.57. The summed E-state index contributed by atoms with van der Waals surface area (Å²) in [6.07, 6.45) is 1.75. The van der Waals surface area contributed by atoms with Crippen LogP contribution in [-0.2, 0) is 9.53 Å². The van der Waals surface area contributed by atoms with Crippen LogP contribution < -0.4 is 0 Å². The zero-order chi connectivity index (χ0) is 18.1. The first-order valence-corrected chi connectivity index (χ1v) is 9.04. The fraction of sp³-hybridized carbons (Fsp3) is 0.0952. The van der Waals surface area contributed by atoms with Crippen molar-refractivity contribution in [2.24, 2.45) is 4.99 Å². The number of pyridine rings is 1. The van der Waals surface area contributed by atoms with Crippen molar-refractivity contribution >= 4 is 40.6 Å². The predicted molar refractivity (Wildman–Crippen MR) is 104 cm³/mol. The maximum atomic E-state index is 11.9. The third-order valence-electron chi connectivity index (χ3n) is 4.02. The zero-order valence-electron chi connectivity index (χ0n) is 14.4. The van der Waals surface area contributed by atoms with Gasteiger partial charge in [0.05, 0.1) is 5.52 Å². The van der Waals surface area contributed by atoms with E-state index in [1.807, 2.05) is 61.5 Å². The van der Waals surface area contributed by atoms with E-state index in [0.29, 0.717) is 11.6 Å². The average molecular weight is 360 g/mol. The van der Waals surface area contributed by atoms with Gasteiger partial charge < -0.3 is 4.74 Å². The molecule has 0 amide bonds. The van der Waals surface area contributed by atoms with E-state index in [0.717, 1.165) is 32.0 Å². The molecule has 0 radical (unpaired) electrons. The van der Waals surface area contributed by atoms with Crippen LogP contribution in [0.1, 0.15) is 18.1 Å². The number of carbonyl (C=O) groups is 1. The summed E-state index contributed by atoms with van der Waals surface area (Å²) in [6.45, 7) is 3.72. The lowest BCUT2D eigenvalue weighted by atomic mass is 10.1. The van der Waals surface area contributed by atoms with E-state index in [1.54, 1.807) is 24.8 Å². The molecule has 0 spiro atoms. The van der Waals surface area contributed by atoms with Gasteiger partial charge in [-0.05, 0) is 36.8 Å². The van der Waals surface area contributed by atoms with Crippen LogP contribution in [-0.4, -0.2) is 16.9 Å². The van der Waals surface area contributed by atoms with Gasteiger partial charge in [-0.15, -0.1) is 0 Å². The van der Waals surface area contributed by atoms with E-state index in [1.165, 1.54) is 0 Å². The van der Waals surface area contributed by atoms with Crippen LogP contribution in [0.4, 0.5) is 0 Å². The van der Waals surface area contributed by atoms with E-state index in [2.05, 4.69) is 4.99 Å². The van der Waals surface area contributed by atoms with Crippen LogP contribution in [0.3, 0.4) is 0 Å². The number of ether oxygens (including phenoxy) is 1. The van der Waals surface area contributed by atoms with Crippen molar-refractivity contribution in [3.63, 3.8) is 0 Å². The van der Waals surface area contributed by atoms with Crippen LogP contribution in [0.25, 0.3) is 17.0 Å². The Morgan fingerprint density at radius 3 is 2.58 bits per heavy atom. The highest BCUT2D eigenvalue weighted by Gasteiger charge is 2.21. The Morgan fingerprint density at radius 2 is 1.85 bits per heavy atom. The highest BCUT2D eigenvalue weighted by Crippen LogP contribution is 2.33. The van der Waals surface area contributed by atoms with Crippen LogP contribution in [0.2, 0.25) is 0 Å². The van der Waals surface area contributed by atoms with Crippen LogP contribution >= 0.6 is 11.8 Å². The van der Waals surface area contributed by atoms with E-state index < -0.39 is 5.97 Å². The highest BCUT2D eigenvalue weighted by atomic mass is 32.2. The topological polar surface area (TPSA) is 51.5 Å². The van der Waals surface area contributed by atoms with E-state index in [4.69, 9.17) is 9.72 Å². The molecule has 1 aliphatic heterocycles. The number of rotatable bonds is 3. The summed E-state index contributed by atoms with van der Waals surface area (Å²) < 4.78 is 5.03. The Balaban J connectivity index is 1.88. The molecule has 1 aromatic heterocycles. The minimum Gasteiger partial charge on any atom is -0.407 e. The second kappa shape index (κ2) is 6.77. The lowest BCUT2D eigenvalue weighted by molar-refractivity contribution is -0.130. The Kier molecular flexibility index (Phi) is 4.31. The Morgan fingerprint density at radius 1 is 1.04 bits per heavy atom. The van der Waals surface area contributed by atoms with Gasteiger partial charge in [0.2, 0.25) is 0 Å². The molecule has 128 valence electrons. The molecule has 4 nitrogen and oxygen atoms in total. The molecule has 0 fully saturated rings. The first-order chi connectivity index (χ1) is 12.6. The number of aromatic nitrogens is 1. The molecular weight excluding hydrogens is 344 g/mol. The molecule has 3 aromatic rings. The molecule has 26 heavy (non-hydrogen) atoms. The number of fused-ring (bicyclic) bond motifs is 1. The number of cyclic esters (lactones) is 1. The van der Waals surface area contributed by atoms with Gasteiger partial charge >= 0.3 is 5.97 Å². The number of benzene rings is 2. The first kappa shape index (κ1) is 16.5. The normalized spacial score (nSPS) is 15.4. The monoisotopic (exact) mass is 360 g/mol. The number of aryl methyl sites for hydroxylation is 1. The van der Waals surface area contributed by atoms with Gasteiger partial charge in [0, 0.05) is 22.8 Å². The van der Waals surface area contributed by atoms with Gasteiger partial charge in [0.25, 0.3) is 0 Å². The van der Waals surface area contributed by atoms with Crippen LogP contribution in [0, 0.1) is 6.92 Å². The molecule has 0 atom stereocenters. The molecular formula is C21H16N2O2S. The van der Waals surface area contributed by atoms with Gasteiger partial charge in [0.1, 0.15) is 5.03 Å².